The number of nitrogens with zero attached hydrogens (tertiary/aromatic N) is 1. The Bertz CT molecular complexity index is 1690. The third-order valence-electron chi connectivity index (χ3n) is 7.63. The van der Waals surface area contributed by atoms with Gasteiger partial charge in [-0.3, -0.25) is 14.9 Å². The Balaban J connectivity index is 1.84. The molecule has 3 N–H and O–H groups in total. The highest BCUT2D eigenvalue weighted by Gasteiger charge is 2.42. The zero-order chi connectivity index (χ0) is 34.0. The number of carboxylic acids is 1. The van der Waals surface area contributed by atoms with Crippen LogP contribution in [0.1, 0.15) is 58.6 Å². The normalized spacial score (nSPS) is 14.7. The smallest absolute Gasteiger partial charge is 0.408 e. The molecule has 246 valence electrons. The third kappa shape index (κ3) is 6.80. The van der Waals surface area contributed by atoms with Crippen LogP contribution in [-0.2, 0) is 25.7 Å². The first-order chi connectivity index (χ1) is 21.6. The van der Waals surface area contributed by atoms with Gasteiger partial charge in [-0.1, -0.05) is 32.0 Å². The highest BCUT2D eigenvalue weighted by atomic mass is 16.6. The average molecular weight is 636 g/mol. The van der Waals surface area contributed by atoms with E-state index >= 15 is 0 Å². The van der Waals surface area contributed by atoms with E-state index in [0.717, 1.165) is 0 Å². The molecule has 2 heterocycles. The number of fused-ring (bicyclic) bond motifs is 1. The second-order valence-corrected chi connectivity index (χ2v) is 12.6. The SMILES string of the molecule is COc1cc(C2=C(c3cn(CCC(CC(C)C)(NC(=O)OC(C)(C)C)C(=O)O)c4ccccc34)C(=O)NC2=O)cc(OC)c1OC. The van der Waals surface area contributed by atoms with Crippen LogP contribution in [0.15, 0.2) is 42.6 Å². The summed E-state index contributed by atoms with van der Waals surface area (Å²) in [7, 11) is 4.38. The molecule has 0 saturated carbocycles. The summed E-state index contributed by atoms with van der Waals surface area (Å²) in [6.07, 6.45) is 1.07. The molecular weight excluding hydrogens is 594 g/mol. The van der Waals surface area contributed by atoms with E-state index in [1.54, 1.807) is 39.1 Å². The lowest BCUT2D eigenvalue weighted by Crippen LogP contribution is -2.56. The first-order valence-corrected chi connectivity index (χ1v) is 14.9. The van der Waals surface area contributed by atoms with Gasteiger partial charge in [0.1, 0.15) is 11.1 Å². The van der Waals surface area contributed by atoms with E-state index in [9.17, 15) is 24.3 Å². The maximum atomic E-state index is 13.4. The fourth-order valence-corrected chi connectivity index (χ4v) is 5.81. The molecule has 4 rings (SSSR count). The number of ether oxygens (including phenoxy) is 4. The predicted molar refractivity (Wildman–Crippen MR) is 172 cm³/mol. The highest BCUT2D eigenvalue weighted by molar-refractivity contribution is 6.50. The van der Waals surface area contributed by atoms with E-state index in [2.05, 4.69) is 10.6 Å². The Hall–Kier alpha value is -5.00. The summed E-state index contributed by atoms with van der Waals surface area (Å²) in [6, 6.07) is 10.5. The van der Waals surface area contributed by atoms with Crippen molar-refractivity contribution in [2.24, 2.45) is 5.92 Å². The predicted octanol–water partition coefficient (Wildman–Crippen LogP) is 5.02. The standard InChI is InChI=1S/C34H41N3O9/c1-19(2)17-34(31(40)41,36-32(42)46-33(3,4)5)13-14-37-18-22(21-11-9-10-12-23(21)37)27-26(29(38)35-30(27)39)20-15-24(43-6)28(45-8)25(16-20)44-7/h9-12,15-16,18-19H,13-14,17H2,1-8H3,(H,36,42)(H,40,41)(H,35,38,39). The van der Waals surface area contributed by atoms with Gasteiger partial charge in [-0.2, -0.15) is 0 Å². The monoisotopic (exact) mass is 635 g/mol. The molecule has 1 aliphatic rings. The van der Waals surface area contributed by atoms with Gasteiger partial charge in [0.05, 0.1) is 32.5 Å². The number of methoxy groups -OCH3 is 3. The number of nitrogens with one attached hydrogen (secondary N) is 2. The van der Waals surface area contributed by atoms with Crippen LogP contribution in [-0.4, -0.2) is 66.0 Å². The van der Waals surface area contributed by atoms with Crippen LogP contribution in [0.25, 0.3) is 22.0 Å². The van der Waals surface area contributed by atoms with Crippen LogP contribution in [0.5, 0.6) is 17.2 Å². The maximum Gasteiger partial charge on any atom is 0.408 e. The fourth-order valence-electron chi connectivity index (χ4n) is 5.81. The summed E-state index contributed by atoms with van der Waals surface area (Å²) in [5.74, 6) is -1.46. The number of carbonyl (C=O) groups excluding carboxylic acids is 3. The van der Waals surface area contributed by atoms with E-state index in [1.165, 1.54) is 21.3 Å². The van der Waals surface area contributed by atoms with Gasteiger partial charge in [-0.15, -0.1) is 0 Å². The minimum Gasteiger partial charge on any atom is -0.493 e. The van der Waals surface area contributed by atoms with E-state index in [0.29, 0.717) is 39.3 Å². The third-order valence-corrected chi connectivity index (χ3v) is 7.63. The number of alkyl carbamates (subject to hydrolysis) is 1. The molecule has 1 aliphatic heterocycles. The van der Waals surface area contributed by atoms with Crippen LogP contribution in [0.3, 0.4) is 0 Å². The van der Waals surface area contributed by atoms with Gasteiger partial charge in [0.2, 0.25) is 5.75 Å². The number of hydrogen-bond donors (Lipinski definition) is 3. The Morgan fingerprint density at radius 1 is 0.957 bits per heavy atom. The maximum absolute atomic E-state index is 13.4. The number of hydrogen-bond acceptors (Lipinski definition) is 8. The molecule has 0 spiro atoms. The van der Waals surface area contributed by atoms with Crippen LogP contribution < -0.4 is 24.8 Å². The molecular formula is C34H41N3O9. The van der Waals surface area contributed by atoms with Crippen molar-refractivity contribution >= 4 is 45.9 Å². The summed E-state index contributed by atoms with van der Waals surface area (Å²) in [4.78, 5) is 52.3. The van der Waals surface area contributed by atoms with Crippen molar-refractivity contribution < 1.29 is 43.2 Å². The summed E-state index contributed by atoms with van der Waals surface area (Å²) in [5.41, 5.74) is -0.613. The summed E-state index contributed by atoms with van der Waals surface area (Å²) >= 11 is 0. The fraction of sp³-hybridized carbons (Fsp3) is 0.412. The first-order valence-electron chi connectivity index (χ1n) is 14.9. The number of imide groups is 1. The molecule has 46 heavy (non-hydrogen) atoms. The Labute approximate surface area is 267 Å². The Morgan fingerprint density at radius 3 is 2.11 bits per heavy atom. The lowest BCUT2D eigenvalue weighted by atomic mass is 9.85. The lowest BCUT2D eigenvalue weighted by Gasteiger charge is -2.33. The second kappa shape index (κ2) is 13.2. The quantitative estimate of drug-likeness (QED) is 0.233. The molecule has 1 atom stereocenters. The van der Waals surface area contributed by atoms with Crippen LogP contribution in [0.2, 0.25) is 0 Å². The number of carboxylic acid groups (broad SMARTS) is 1. The molecule has 1 unspecified atom stereocenters. The van der Waals surface area contributed by atoms with Crippen molar-refractivity contribution in [2.75, 3.05) is 21.3 Å². The number of para-hydroxylation sites is 1. The summed E-state index contributed by atoms with van der Waals surface area (Å²) in [6.45, 7) is 9.04. The molecule has 0 saturated heterocycles. The van der Waals surface area contributed by atoms with Gasteiger partial charge in [0.15, 0.2) is 11.5 Å². The van der Waals surface area contributed by atoms with E-state index in [-0.39, 0.29) is 36.5 Å². The number of aryl methyl sites for hydroxylation is 1. The van der Waals surface area contributed by atoms with Gasteiger partial charge in [0, 0.05) is 29.2 Å². The van der Waals surface area contributed by atoms with E-state index in [1.807, 2.05) is 42.7 Å². The Kier molecular flexibility index (Phi) is 9.69. The molecule has 0 radical (unpaired) electrons. The summed E-state index contributed by atoms with van der Waals surface area (Å²) < 4.78 is 23.6. The van der Waals surface area contributed by atoms with Crippen molar-refractivity contribution in [3.8, 4) is 17.2 Å². The first kappa shape index (κ1) is 33.9. The largest absolute Gasteiger partial charge is 0.493 e. The van der Waals surface area contributed by atoms with Crippen molar-refractivity contribution in [3.63, 3.8) is 0 Å². The van der Waals surface area contributed by atoms with E-state index in [4.69, 9.17) is 18.9 Å². The number of rotatable bonds is 12. The van der Waals surface area contributed by atoms with Crippen molar-refractivity contribution in [1.29, 1.82) is 0 Å². The number of aliphatic carboxylic acids is 1. The number of benzene rings is 2. The number of carbonyl (C=O) groups is 4. The van der Waals surface area contributed by atoms with Crippen LogP contribution in [0, 0.1) is 5.92 Å². The minimum atomic E-state index is -1.64. The molecule has 12 nitrogen and oxygen atoms in total. The second-order valence-electron chi connectivity index (χ2n) is 12.6. The van der Waals surface area contributed by atoms with Crippen molar-refractivity contribution in [2.45, 2.75) is 65.1 Å². The molecule has 1 aromatic heterocycles. The zero-order valence-electron chi connectivity index (χ0n) is 27.4. The van der Waals surface area contributed by atoms with Gasteiger partial charge in [-0.25, -0.2) is 9.59 Å². The van der Waals surface area contributed by atoms with Gasteiger partial charge < -0.3 is 33.9 Å². The molecule has 0 bridgehead atoms. The molecule has 3 amide bonds. The molecule has 12 heteroatoms. The summed E-state index contributed by atoms with van der Waals surface area (Å²) in [5, 5.41) is 16.2. The molecule has 2 aromatic carbocycles. The van der Waals surface area contributed by atoms with Gasteiger partial charge in [0.25, 0.3) is 11.8 Å². The minimum absolute atomic E-state index is 0.0157. The molecule has 0 fully saturated rings. The number of amides is 3. The number of aromatic nitrogens is 1. The highest BCUT2D eigenvalue weighted by Crippen LogP contribution is 2.43. The van der Waals surface area contributed by atoms with Crippen molar-refractivity contribution in [1.82, 2.24) is 15.2 Å². The van der Waals surface area contributed by atoms with Crippen molar-refractivity contribution in [3.05, 3.63) is 53.7 Å². The van der Waals surface area contributed by atoms with Crippen LogP contribution >= 0.6 is 0 Å². The lowest BCUT2D eigenvalue weighted by molar-refractivity contribution is -0.146. The zero-order valence-corrected chi connectivity index (χ0v) is 27.4. The van der Waals surface area contributed by atoms with E-state index < -0.39 is 35.0 Å². The average Bonchev–Trinajstić information content (AvgIpc) is 3.48. The molecule has 3 aromatic rings. The molecule has 0 aliphatic carbocycles. The topological polar surface area (TPSA) is 154 Å². The van der Waals surface area contributed by atoms with Crippen LogP contribution in [0.4, 0.5) is 4.79 Å². The Morgan fingerprint density at radius 2 is 1.57 bits per heavy atom. The van der Waals surface area contributed by atoms with Gasteiger partial charge >= 0.3 is 12.1 Å². The van der Waals surface area contributed by atoms with Gasteiger partial charge in [-0.05, 0) is 63.3 Å².